The number of aryl methyl sites for hydroxylation is 2. The Kier molecular flexibility index (Phi) is 4.90. The van der Waals surface area contributed by atoms with E-state index in [1.165, 1.54) is 12.0 Å². The molecule has 5 rings (SSSR count). The summed E-state index contributed by atoms with van der Waals surface area (Å²) >= 11 is 0. The fourth-order valence-corrected chi connectivity index (χ4v) is 5.53. The van der Waals surface area contributed by atoms with E-state index in [4.69, 9.17) is 0 Å². The van der Waals surface area contributed by atoms with E-state index in [0.717, 1.165) is 55.0 Å². The highest BCUT2D eigenvalue weighted by molar-refractivity contribution is 7.96. The molecule has 2 heterocycles. The van der Waals surface area contributed by atoms with Gasteiger partial charge in [-0.1, -0.05) is 42.8 Å². The number of nitrogens with zero attached hydrogens (tertiary/aromatic N) is 3. The van der Waals surface area contributed by atoms with Gasteiger partial charge in [-0.25, -0.2) is 8.42 Å². The van der Waals surface area contributed by atoms with E-state index in [0.29, 0.717) is 17.0 Å². The van der Waals surface area contributed by atoms with Crippen molar-refractivity contribution in [3.8, 4) is 11.4 Å². The summed E-state index contributed by atoms with van der Waals surface area (Å²) in [6.45, 7) is 0.862. The normalized spacial score (nSPS) is 16.2. The molecule has 0 bridgehead atoms. The average Bonchev–Trinajstić information content (AvgIpc) is 3.01. The molecule has 0 fully saturated rings. The number of para-hydroxylation sites is 1. The zero-order valence-corrected chi connectivity index (χ0v) is 17.5. The molecule has 2 aromatic carbocycles. The molecular formula is C23H24N4O2S. The second-order valence-corrected chi connectivity index (χ2v) is 9.60. The van der Waals surface area contributed by atoms with Gasteiger partial charge in [0.25, 0.3) is 10.0 Å². The quantitative estimate of drug-likeness (QED) is 0.679. The third-order valence-corrected chi connectivity index (χ3v) is 7.38. The predicted octanol–water partition coefficient (Wildman–Crippen LogP) is 4.40. The zero-order chi connectivity index (χ0) is 20.6. The maximum atomic E-state index is 13.2. The number of anilines is 1. The van der Waals surface area contributed by atoms with Crippen LogP contribution in [0.2, 0.25) is 0 Å². The Bertz CT molecular complexity index is 1230. The van der Waals surface area contributed by atoms with Crippen LogP contribution in [0.5, 0.6) is 0 Å². The van der Waals surface area contributed by atoms with Crippen molar-refractivity contribution >= 4 is 21.8 Å². The van der Waals surface area contributed by atoms with Crippen LogP contribution in [-0.4, -0.2) is 23.2 Å². The van der Waals surface area contributed by atoms with Crippen LogP contribution < -0.4 is 4.72 Å². The van der Waals surface area contributed by atoms with Crippen molar-refractivity contribution in [1.82, 2.24) is 14.8 Å². The summed E-state index contributed by atoms with van der Waals surface area (Å²) < 4.78 is 31.4. The molecule has 0 saturated heterocycles. The molecule has 2 aliphatic rings. The lowest BCUT2D eigenvalue weighted by Crippen LogP contribution is -2.18. The molecule has 0 unspecified atom stereocenters. The van der Waals surface area contributed by atoms with E-state index in [-0.39, 0.29) is 0 Å². The van der Waals surface area contributed by atoms with Gasteiger partial charge in [-0.05, 0) is 55.0 Å². The lowest BCUT2D eigenvalue weighted by molar-refractivity contribution is 0.605. The number of nitrogens with one attached hydrogen (secondary N) is 1. The standard InChI is InChI=1S/C23H24N4O2S/c28-30(29,19-14-13-17-8-3-4-9-18(17)16-19)26-21-11-6-5-10-20(21)23-25-24-22-12-2-1-7-15-27(22)23/h3-6,8-11,16,26H,1-2,7,12-15H2. The maximum Gasteiger partial charge on any atom is 0.258 e. The van der Waals surface area contributed by atoms with Crippen molar-refractivity contribution in [2.24, 2.45) is 0 Å². The summed E-state index contributed by atoms with van der Waals surface area (Å²) in [4.78, 5) is 0.413. The van der Waals surface area contributed by atoms with Crippen LogP contribution >= 0.6 is 0 Å². The molecule has 1 aromatic heterocycles. The third kappa shape index (κ3) is 3.54. The number of benzene rings is 2. The highest BCUT2D eigenvalue weighted by Crippen LogP contribution is 2.32. The summed E-state index contributed by atoms with van der Waals surface area (Å²) in [7, 11) is -3.67. The molecule has 6 nitrogen and oxygen atoms in total. The molecule has 30 heavy (non-hydrogen) atoms. The molecule has 0 amide bonds. The van der Waals surface area contributed by atoms with Crippen LogP contribution in [-0.2, 0) is 29.4 Å². The number of aromatic nitrogens is 3. The van der Waals surface area contributed by atoms with Crippen LogP contribution in [0, 0.1) is 0 Å². The Labute approximate surface area is 176 Å². The van der Waals surface area contributed by atoms with E-state index in [2.05, 4.69) is 25.6 Å². The summed E-state index contributed by atoms with van der Waals surface area (Å²) in [5.74, 6) is 1.71. The number of sulfonamides is 1. The van der Waals surface area contributed by atoms with E-state index in [1.807, 2.05) is 36.4 Å². The van der Waals surface area contributed by atoms with Gasteiger partial charge >= 0.3 is 0 Å². The molecule has 3 aromatic rings. The van der Waals surface area contributed by atoms with Crippen molar-refractivity contribution in [3.63, 3.8) is 0 Å². The van der Waals surface area contributed by atoms with Crippen molar-refractivity contribution in [1.29, 1.82) is 0 Å². The van der Waals surface area contributed by atoms with E-state index >= 15 is 0 Å². The Morgan fingerprint density at radius 2 is 1.70 bits per heavy atom. The van der Waals surface area contributed by atoms with Gasteiger partial charge in [-0.2, -0.15) is 0 Å². The molecule has 0 saturated carbocycles. The Balaban J connectivity index is 1.50. The van der Waals surface area contributed by atoms with Gasteiger partial charge < -0.3 is 4.57 Å². The van der Waals surface area contributed by atoms with Gasteiger partial charge in [0, 0.05) is 18.5 Å². The summed E-state index contributed by atoms with van der Waals surface area (Å²) in [5.41, 5.74) is 3.46. The van der Waals surface area contributed by atoms with Gasteiger partial charge in [0.15, 0.2) is 5.82 Å². The molecule has 7 heteroatoms. The third-order valence-electron chi connectivity index (χ3n) is 5.88. The molecule has 0 atom stereocenters. The largest absolute Gasteiger partial charge is 0.311 e. The highest BCUT2D eigenvalue weighted by atomic mass is 32.2. The van der Waals surface area contributed by atoms with Crippen molar-refractivity contribution in [2.75, 3.05) is 4.72 Å². The number of fused-ring (bicyclic) bond motifs is 2. The number of allylic oxidation sites excluding steroid dienone is 1. The monoisotopic (exact) mass is 420 g/mol. The zero-order valence-electron chi connectivity index (χ0n) is 16.7. The van der Waals surface area contributed by atoms with Crippen molar-refractivity contribution < 1.29 is 8.42 Å². The minimum atomic E-state index is -3.67. The molecule has 1 N–H and O–H groups in total. The Morgan fingerprint density at radius 3 is 2.63 bits per heavy atom. The molecule has 1 aliphatic carbocycles. The first-order valence-electron chi connectivity index (χ1n) is 10.4. The lowest BCUT2D eigenvalue weighted by Gasteiger charge is -2.19. The van der Waals surface area contributed by atoms with Crippen LogP contribution in [0.25, 0.3) is 17.5 Å². The van der Waals surface area contributed by atoms with E-state index in [9.17, 15) is 8.42 Å². The van der Waals surface area contributed by atoms with Gasteiger partial charge in [-0.15, -0.1) is 10.2 Å². The van der Waals surface area contributed by atoms with Gasteiger partial charge in [-0.3, -0.25) is 4.72 Å². The SMILES string of the molecule is O=S(=O)(Nc1ccccc1-c1nnc2n1CCCCC2)C1=Cc2ccccc2CC1. The van der Waals surface area contributed by atoms with Gasteiger partial charge in [0.2, 0.25) is 0 Å². The second kappa shape index (κ2) is 7.72. The summed E-state index contributed by atoms with van der Waals surface area (Å²) in [6, 6.07) is 15.4. The number of rotatable bonds is 4. The smallest absolute Gasteiger partial charge is 0.258 e. The summed E-state index contributed by atoms with van der Waals surface area (Å²) in [5, 5.41) is 8.78. The summed E-state index contributed by atoms with van der Waals surface area (Å²) in [6.07, 6.45) is 7.28. The number of hydrogen-bond donors (Lipinski definition) is 1. The minimum Gasteiger partial charge on any atom is -0.311 e. The molecule has 154 valence electrons. The Hall–Kier alpha value is -2.93. The molecular weight excluding hydrogens is 396 g/mol. The first-order valence-corrected chi connectivity index (χ1v) is 11.9. The van der Waals surface area contributed by atoms with Crippen molar-refractivity contribution in [2.45, 2.75) is 45.1 Å². The average molecular weight is 421 g/mol. The second-order valence-electron chi connectivity index (χ2n) is 7.86. The van der Waals surface area contributed by atoms with E-state index in [1.54, 1.807) is 12.1 Å². The van der Waals surface area contributed by atoms with Crippen LogP contribution in [0.1, 0.15) is 42.6 Å². The lowest BCUT2D eigenvalue weighted by atomic mass is 9.98. The van der Waals surface area contributed by atoms with Crippen LogP contribution in [0.15, 0.2) is 53.4 Å². The van der Waals surface area contributed by atoms with Crippen molar-refractivity contribution in [3.05, 3.63) is 70.4 Å². The first-order chi connectivity index (χ1) is 14.6. The highest BCUT2D eigenvalue weighted by Gasteiger charge is 2.24. The first kappa shape index (κ1) is 19.1. The van der Waals surface area contributed by atoms with Gasteiger partial charge in [0.1, 0.15) is 5.82 Å². The molecule has 1 aliphatic heterocycles. The Morgan fingerprint density at radius 1 is 0.867 bits per heavy atom. The van der Waals surface area contributed by atoms with Crippen LogP contribution in [0.4, 0.5) is 5.69 Å². The van der Waals surface area contributed by atoms with Crippen LogP contribution in [0.3, 0.4) is 0 Å². The maximum absolute atomic E-state index is 13.2. The fraction of sp³-hybridized carbons (Fsp3) is 0.304. The predicted molar refractivity (Wildman–Crippen MR) is 118 cm³/mol. The molecule has 0 spiro atoms. The number of hydrogen-bond acceptors (Lipinski definition) is 4. The molecule has 0 radical (unpaired) electrons. The van der Waals surface area contributed by atoms with E-state index < -0.39 is 10.0 Å². The topological polar surface area (TPSA) is 76.9 Å². The minimum absolute atomic E-state index is 0.413. The fourth-order valence-electron chi connectivity index (χ4n) is 4.28. The van der Waals surface area contributed by atoms with Gasteiger partial charge in [0.05, 0.1) is 10.6 Å².